The highest BCUT2D eigenvalue weighted by atomic mass is 16.5. The number of nitrogens with one attached hydrogen (secondary N) is 3. The van der Waals surface area contributed by atoms with E-state index < -0.39 is 0 Å². The van der Waals surface area contributed by atoms with Gasteiger partial charge in [0.15, 0.2) is 5.65 Å². The second-order valence-corrected chi connectivity index (χ2v) is 6.75. The zero-order valence-corrected chi connectivity index (χ0v) is 14.7. The highest BCUT2D eigenvalue weighted by molar-refractivity contribution is 5.78. The molecule has 2 aliphatic heterocycles. The van der Waals surface area contributed by atoms with Gasteiger partial charge in [0.25, 0.3) is 0 Å². The lowest BCUT2D eigenvalue weighted by Crippen LogP contribution is -2.41. The van der Waals surface area contributed by atoms with Crippen molar-refractivity contribution in [2.24, 2.45) is 0 Å². The molecule has 0 aliphatic carbocycles. The molecule has 0 saturated carbocycles. The summed E-state index contributed by atoms with van der Waals surface area (Å²) in [5.74, 6) is 0.609. The average molecular weight is 357 g/mol. The van der Waals surface area contributed by atoms with E-state index in [9.17, 15) is 4.79 Å². The van der Waals surface area contributed by atoms with Crippen molar-refractivity contribution in [1.29, 1.82) is 0 Å². The van der Waals surface area contributed by atoms with Crippen LogP contribution in [0.1, 0.15) is 36.9 Å². The first-order valence-corrected chi connectivity index (χ1v) is 8.80. The van der Waals surface area contributed by atoms with E-state index in [2.05, 4.69) is 21.3 Å². The Morgan fingerprint density at radius 3 is 3.04 bits per heavy atom. The van der Waals surface area contributed by atoms with Crippen molar-refractivity contribution in [3.63, 3.8) is 0 Å². The van der Waals surface area contributed by atoms with E-state index in [0.29, 0.717) is 12.4 Å². The van der Waals surface area contributed by atoms with E-state index >= 15 is 0 Å². The Morgan fingerprint density at radius 2 is 2.35 bits per heavy atom. The summed E-state index contributed by atoms with van der Waals surface area (Å²) in [5, 5.41) is 7.81. The number of nitrogens with two attached hydrogens (primary N) is 1. The predicted molar refractivity (Wildman–Crippen MR) is 96.9 cm³/mol. The van der Waals surface area contributed by atoms with Gasteiger partial charge in [0.1, 0.15) is 12.4 Å². The van der Waals surface area contributed by atoms with E-state index in [1.807, 2.05) is 12.3 Å². The molecule has 2 aromatic heterocycles. The maximum Gasteiger partial charge on any atom is 0.302 e. The number of carbonyl (C=O) groups excluding carboxylic acids is 1. The van der Waals surface area contributed by atoms with Gasteiger partial charge in [-0.2, -0.15) is 9.61 Å². The fraction of sp³-hybridized carbons (Fsp3) is 0.471. The van der Waals surface area contributed by atoms with Gasteiger partial charge in [-0.3, -0.25) is 4.79 Å². The first-order valence-electron chi connectivity index (χ1n) is 8.80. The highest BCUT2D eigenvalue weighted by Crippen LogP contribution is 2.28. The molecule has 2 aromatic rings. The number of hydrogen-bond acceptors (Lipinski definition) is 8. The number of fused-ring (bicyclic) bond motifs is 1. The van der Waals surface area contributed by atoms with Crippen LogP contribution in [0.2, 0.25) is 0 Å². The van der Waals surface area contributed by atoms with Gasteiger partial charge in [-0.05, 0) is 18.4 Å². The molecule has 9 heteroatoms. The molecule has 138 valence electrons. The minimum atomic E-state index is -0.243. The van der Waals surface area contributed by atoms with Gasteiger partial charge < -0.3 is 21.2 Å². The molecular weight excluding hydrogens is 334 g/mol. The molecule has 0 aromatic carbocycles. The Kier molecular flexibility index (Phi) is 4.48. The Hall–Kier alpha value is -2.65. The summed E-state index contributed by atoms with van der Waals surface area (Å²) in [7, 11) is 0. The van der Waals surface area contributed by atoms with E-state index in [-0.39, 0.29) is 17.9 Å². The van der Waals surface area contributed by atoms with E-state index in [1.54, 1.807) is 10.7 Å². The van der Waals surface area contributed by atoms with Crippen molar-refractivity contribution in [3.8, 4) is 0 Å². The highest BCUT2D eigenvalue weighted by Gasteiger charge is 2.25. The molecule has 0 radical (unpaired) electrons. The predicted octanol–water partition coefficient (Wildman–Crippen LogP) is 0.159. The topological polar surface area (TPSA) is 119 Å². The van der Waals surface area contributed by atoms with E-state index in [1.165, 1.54) is 6.92 Å². The van der Waals surface area contributed by atoms with Crippen LogP contribution >= 0.6 is 0 Å². The Bertz CT molecular complexity index is 852. The number of rotatable bonds is 4. The van der Waals surface area contributed by atoms with E-state index in [0.717, 1.165) is 48.4 Å². The number of anilines is 1. The number of esters is 1. The lowest BCUT2D eigenvalue weighted by Gasteiger charge is -2.29. The van der Waals surface area contributed by atoms with Crippen LogP contribution in [0.25, 0.3) is 11.2 Å². The van der Waals surface area contributed by atoms with E-state index in [4.69, 9.17) is 15.5 Å². The summed E-state index contributed by atoms with van der Waals surface area (Å²) < 4.78 is 6.77. The van der Waals surface area contributed by atoms with Crippen LogP contribution in [-0.2, 0) is 9.53 Å². The lowest BCUT2D eigenvalue weighted by atomic mass is 9.92. The zero-order valence-electron chi connectivity index (χ0n) is 14.7. The molecule has 5 N–H and O–H groups in total. The van der Waals surface area contributed by atoms with Crippen molar-refractivity contribution in [3.05, 3.63) is 29.7 Å². The van der Waals surface area contributed by atoms with Gasteiger partial charge in [0, 0.05) is 49.8 Å². The first-order chi connectivity index (χ1) is 12.6. The van der Waals surface area contributed by atoms with Crippen molar-refractivity contribution < 1.29 is 9.53 Å². The Balaban J connectivity index is 1.54. The fourth-order valence-electron chi connectivity index (χ4n) is 3.48. The SMILES string of the molecule is CC(=O)OC[C@@H]1CC[C@H](c2cc(N)n3ncc(C4=CNNC4)c3n2)CN1. The largest absolute Gasteiger partial charge is 0.464 e. The molecule has 4 heterocycles. The summed E-state index contributed by atoms with van der Waals surface area (Å²) in [6.45, 7) is 3.35. The quantitative estimate of drug-likeness (QED) is 0.572. The molecule has 0 unspecified atom stereocenters. The number of piperidine rings is 1. The van der Waals surface area contributed by atoms with Crippen molar-refractivity contribution >= 4 is 23.0 Å². The average Bonchev–Trinajstić information content (AvgIpc) is 3.29. The number of hydrogen-bond donors (Lipinski definition) is 4. The molecule has 0 spiro atoms. The number of carbonyl (C=O) groups is 1. The molecular formula is C17H23N7O2. The van der Waals surface area contributed by atoms with Crippen LogP contribution in [0.3, 0.4) is 0 Å². The monoisotopic (exact) mass is 357 g/mol. The number of ether oxygens (including phenoxy) is 1. The minimum absolute atomic E-state index is 0.197. The number of nitrogens with zero attached hydrogens (tertiary/aromatic N) is 3. The molecule has 26 heavy (non-hydrogen) atoms. The molecule has 1 saturated heterocycles. The van der Waals surface area contributed by atoms with Crippen molar-refractivity contribution in [2.45, 2.75) is 31.7 Å². The van der Waals surface area contributed by atoms with Gasteiger partial charge in [-0.15, -0.1) is 0 Å². The maximum atomic E-state index is 11.0. The van der Waals surface area contributed by atoms with Gasteiger partial charge in [-0.1, -0.05) is 0 Å². The molecule has 0 amide bonds. The minimum Gasteiger partial charge on any atom is -0.464 e. The summed E-state index contributed by atoms with van der Waals surface area (Å²) in [6, 6.07) is 2.10. The molecule has 2 aliphatic rings. The summed E-state index contributed by atoms with van der Waals surface area (Å²) in [6.07, 6.45) is 5.62. The third-order valence-electron chi connectivity index (χ3n) is 4.91. The third kappa shape index (κ3) is 3.23. The number of nitrogen functional groups attached to an aromatic ring is 1. The third-order valence-corrected chi connectivity index (χ3v) is 4.91. The fourth-order valence-corrected chi connectivity index (χ4v) is 3.48. The van der Waals surface area contributed by atoms with Crippen LogP contribution in [0.5, 0.6) is 0 Å². The van der Waals surface area contributed by atoms with Gasteiger partial charge in [0.2, 0.25) is 0 Å². The van der Waals surface area contributed by atoms with Crippen LogP contribution in [0.15, 0.2) is 18.5 Å². The Morgan fingerprint density at radius 1 is 1.46 bits per heavy atom. The van der Waals surface area contributed by atoms with Crippen molar-refractivity contribution in [2.75, 3.05) is 25.4 Å². The molecule has 4 rings (SSSR count). The first kappa shape index (κ1) is 16.8. The van der Waals surface area contributed by atoms with Gasteiger partial charge in [0.05, 0.1) is 11.9 Å². The molecule has 2 atom stereocenters. The van der Waals surface area contributed by atoms with Crippen LogP contribution in [0.4, 0.5) is 5.82 Å². The number of aromatic nitrogens is 3. The Labute approximate surface area is 151 Å². The second kappa shape index (κ2) is 6.93. The van der Waals surface area contributed by atoms with Gasteiger partial charge in [-0.25, -0.2) is 10.4 Å². The zero-order chi connectivity index (χ0) is 18.1. The lowest BCUT2D eigenvalue weighted by molar-refractivity contribution is -0.141. The van der Waals surface area contributed by atoms with Gasteiger partial charge >= 0.3 is 5.97 Å². The second-order valence-electron chi connectivity index (χ2n) is 6.75. The summed E-state index contributed by atoms with van der Waals surface area (Å²) >= 11 is 0. The normalized spacial score (nSPS) is 22.9. The standard InChI is InChI=1S/C17H23N7O2/c1-10(25)26-9-13-3-2-11(5-19-13)15-4-16(18)24-17(23-15)14(8-22-24)12-6-20-21-7-12/h4,6,8,11,13,19-21H,2-3,5,7,9,18H2,1H3/t11-,13-/m0/s1. The molecule has 9 nitrogen and oxygen atoms in total. The maximum absolute atomic E-state index is 11.0. The number of hydrazine groups is 1. The molecule has 0 bridgehead atoms. The summed E-state index contributed by atoms with van der Waals surface area (Å²) in [4.78, 5) is 15.8. The smallest absolute Gasteiger partial charge is 0.302 e. The van der Waals surface area contributed by atoms with Crippen LogP contribution < -0.4 is 21.9 Å². The van der Waals surface area contributed by atoms with Crippen molar-refractivity contribution in [1.82, 2.24) is 30.8 Å². The molecule has 1 fully saturated rings. The van der Waals surface area contributed by atoms with Crippen LogP contribution in [0, 0.1) is 0 Å². The van der Waals surface area contributed by atoms with Crippen LogP contribution in [-0.4, -0.2) is 46.3 Å². The summed E-state index contributed by atoms with van der Waals surface area (Å²) in [5.41, 5.74) is 16.1.